The molecule has 0 aliphatic carbocycles. The highest BCUT2D eigenvalue weighted by atomic mass is 32.1. The number of oxime groups is 1. The number of nitrogens with zero attached hydrogens (tertiary/aromatic N) is 2. The van der Waals surface area contributed by atoms with Gasteiger partial charge < -0.3 is 14.9 Å². The molecule has 6 nitrogen and oxygen atoms in total. The fourth-order valence-electron chi connectivity index (χ4n) is 1.42. The minimum absolute atomic E-state index is 0.129. The molecule has 0 saturated carbocycles. The summed E-state index contributed by atoms with van der Waals surface area (Å²) >= 11 is 1.29. The van der Waals surface area contributed by atoms with E-state index in [1.807, 2.05) is 6.07 Å². The summed E-state index contributed by atoms with van der Waals surface area (Å²) in [5, 5.41) is 16.6. The number of furan rings is 1. The predicted molar refractivity (Wildman–Crippen MR) is 71.8 cm³/mol. The molecule has 2 aromatic heterocycles. The Balaban J connectivity index is 1.87. The van der Waals surface area contributed by atoms with Crippen LogP contribution in [0.1, 0.15) is 24.8 Å². The second-order valence-electron chi connectivity index (χ2n) is 3.85. The maximum Gasteiger partial charge on any atom is 0.226 e. The largest absolute Gasteiger partial charge is 0.469 e. The van der Waals surface area contributed by atoms with E-state index >= 15 is 0 Å². The first kappa shape index (κ1) is 13.3. The van der Waals surface area contributed by atoms with Crippen molar-refractivity contribution in [1.29, 1.82) is 0 Å². The van der Waals surface area contributed by atoms with Gasteiger partial charge in [-0.05, 0) is 19.1 Å². The fraction of sp³-hybridized carbons (Fsp3) is 0.250. The van der Waals surface area contributed by atoms with Gasteiger partial charge in [0.05, 0.1) is 6.26 Å². The summed E-state index contributed by atoms with van der Waals surface area (Å²) in [6.07, 6.45) is 2.46. The van der Waals surface area contributed by atoms with Gasteiger partial charge in [0.2, 0.25) is 5.91 Å². The first-order chi connectivity index (χ1) is 9.19. The number of thiazole rings is 1. The molecule has 2 N–H and O–H groups in total. The van der Waals surface area contributed by atoms with Crippen molar-refractivity contribution in [1.82, 2.24) is 4.98 Å². The quantitative estimate of drug-likeness (QED) is 0.500. The Morgan fingerprint density at radius 1 is 1.63 bits per heavy atom. The molecule has 7 heteroatoms. The highest BCUT2D eigenvalue weighted by Gasteiger charge is 2.09. The average Bonchev–Trinajstić information content (AvgIpc) is 3.06. The molecule has 0 aromatic carbocycles. The minimum atomic E-state index is -0.129. The van der Waals surface area contributed by atoms with E-state index in [2.05, 4.69) is 15.5 Å². The van der Waals surface area contributed by atoms with Gasteiger partial charge in [0.1, 0.15) is 17.2 Å². The van der Waals surface area contributed by atoms with Gasteiger partial charge in [-0.1, -0.05) is 5.16 Å². The first-order valence-electron chi connectivity index (χ1n) is 5.66. The number of amides is 1. The maximum absolute atomic E-state index is 11.7. The van der Waals surface area contributed by atoms with Crippen molar-refractivity contribution in [2.75, 3.05) is 5.32 Å². The van der Waals surface area contributed by atoms with Crippen LogP contribution >= 0.6 is 11.3 Å². The lowest BCUT2D eigenvalue weighted by molar-refractivity contribution is -0.116. The van der Waals surface area contributed by atoms with Gasteiger partial charge in [-0.2, -0.15) is 0 Å². The topological polar surface area (TPSA) is 87.7 Å². The zero-order chi connectivity index (χ0) is 13.7. The Morgan fingerprint density at radius 2 is 2.47 bits per heavy atom. The van der Waals surface area contributed by atoms with Crippen molar-refractivity contribution in [3.8, 4) is 0 Å². The van der Waals surface area contributed by atoms with E-state index in [0.29, 0.717) is 29.4 Å². The Morgan fingerprint density at radius 3 is 3.16 bits per heavy atom. The molecular weight excluding hydrogens is 266 g/mol. The van der Waals surface area contributed by atoms with Crippen molar-refractivity contribution >= 4 is 28.1 Å². The van der Waals surface area contributed by atoms with E-state index in [1.165, 1.54) is 11.3 Å². The summed E-state index contributed by atoms with van der Waals surface area (Å²) in [6.45, 7) is 1.64. The molecule has 2 heterocycles. The molecule has 1 amide bonds. The molecule has 2 aromatic rings. The molecule has 19 heavy (non-hydrogen) atoms. The molecule has 0 bridgehead atoms. The maximum atomic E-state index is 11.7. The van der Waals surface area contributed by atoms with Crippen LogP contribution in [0.15, 0.2) is 33.3 Å². The van der Waals surface area contributed by atoms with Crippen LogP contribution in [-0.4, -0.2) is 21.8 Å². The van der Waals surface area contributed by atoms with Crippen molar-refractivity contribution < 1.29 is 14.4 Å². The summed E-state index contributed by atoms with van der Waals surface area (Å²) in [5.41, 5.74) is 0.959. The number of aromatic nitrogens is 1. The summed E-state index contributed by atoms with van der Waals surface area (Å²) in [7, 11) is 0. The second-order valence-corrected chi connectivity index (χ2v) is 4.71. The third kappa shape index (κ3) is 3.65. The third-order valence-electron chi connectivity index (χ3n) is 2.45. The number of nitrogens with one attached hydrogen (secondary N) is 1. The molecular formula is C12H13N3O3S. The third-order valence-corrected chi connectivity index (χ3v) is 3.21. The molecule has 0 saturated heterocycles. The molecule has 0 unspecified atom stereocenters. The van der Waals surface area contributed by atoms with Crippen molar-refractivity contribution in [3.05, 3.63) is 35.2 Å². The smallest absolute Gasteiger partial charge is 0.226 e. The molecule has 0 aliphatic rings. The lowest BCUT2D eigenvalue weighted by atomic mass is 10.2. The Labute approximate surface area is 113 Å². The number of rotatable bonds is 5. The Bertz CT molecular complexity index is 575. The van der Waals surface area contributed by atoms with Gasteiger partial charge in [0, 0.05) is 18.2 Å². The summed E-state index contributed by atoms with van der Waals surface area (Å²) in [4.78, 5) is 15.8. The molecule has 0 spiro atoms. The lowest BCUT2D eigenvalue weighted by Gasteiger charge is -1.99. The van der Waals surface area contributed by atoms with Gasteiger partial charge in [0.25, 0.3) is 0 Å². The van der Waals surface area contributed by atoms with Crippen LogP contribution in [0.4, 0.5) is 5.13 Å². The van der Waals surface area contributed by atoms with E-state index in [4.69, 9.17) is 9.62 Å². The fourth-order valence-corrected chi connectivity index (χ4v) is 2.19. The Kier molecular flexibility index (Phi) is 4.30. The van der Waals surface area contributed by atoms with Crippen LogP contribution in [0, 0.1) is 0 Å². The van der Waals surface area contributed by atoms with Crippen LogP contribution in [0.25, 0.3) is 0 Å². The predicted octanol–water partition coefficient (Wildman–Crippen LogP) is 2.51. The van der Waals surface area contributed by atoms with E-state index < -0.39 is 0 Å². The van der Waals surface area contributed by atoms with Crippen LogP contribution in [0.3, 0.4) is 0 Å². The van der Waals surface area contributed by atoms with Crippen LogP contribution in [0.5, 0.6) is 0 Å². The molecule has 100 valence electrons. The average molecular weight is 279 g/mol. The lowest BCUT2D eigenvalue weighted by Crippen LogP contribution is -2.12. The van der Waals surface area contributed by atoms with Crippen molar-refractivity contribution in [2.45, 2.75) is 19.8 Å². The molecule has 0 aliphatic heterocycles. The summed E-state index contributed by atoms with van der Waals surface area (Å²) < 4.78 is 5.15. The zero-order valence-electron chi connectivity index (χ0n) is 10.3. The highest BCUT2D eigenvalue weighted by Crippen LogP contribution is 2.16. The molecule has 0 fully saturated rings. The molecule has 2 rings (SSSR count). The van der Waals surface area contributed by atoms with Crippen LogP contribution < -0.4 is 5.32 Å². The van der Waals surface area contributed by atoms with Crippen molar-refractivity contribution in [2.24, 2.45) is 5.16 Å². The van der Waals surface area contributed by atoms with Crippen LogP contribution in [0.2, 0.25) is 0 Å². The number of anilines is 1. The van der Waals surface area contributed by atoms with Gasteiger partial charge in [0.15, 0.2) is 5.13 Å². The van der Waals surface area contributed by atoms with E-state index in [-0.39, 0.29) is 5.91 Å². The summed E-state index contributed by atoms with van der Waals surface area (Å²) in [6, 6.07) is 3.62. The van der Waals surface area contributed by atoms with Gasteiger partial charge in [-0.25, -0.2) is 4.98 Å². The standard InChI is InChI=1S/C12H13N3O3S/c1-8(15-17)10-7-19-12(13-10)14-11(16)5-4-9-3-2-6-18-9/h2-3,6-7,17H,4-5H2,1H3,(H,13,14,16). The van der Waals surface area contributed by atoms with Gasteiger partial charge in [-0.3, -0.25) is 4.79 Å². The van der Waals surface area contributed by atoms with Crippen LogP contribution in [-0.2, 0) is 11.2 Å². The monoisotopic (exact) mass is 279 g/mol. The molecule has 0 radical (unpaired) electrons. The molecule has 0 atom stereocenters. The second kappa shape index (κ2) is 6.14. The van der Waals surface area contributed by atoms with E-state index in [0.717, 1.165) is 5.76 Å². The normalized spacial score (nSPS) is 11.5. The van der Waals surface area contributed by atoms with Gasteiger partial charge in [-0.15, -0.1) is 11.3 Å². The first-order valence-corrected chi connectivity index (χ1v) is 6.54. The van der Waals surface area contributed by atoms with E-state index in [9.17, 15) is 4.79 Å². The minimum Gasteiger partial charge on any atom is -0.469 e. The van der Waals surface area contributed by atoms with E-state index in [1.54, 1.807) is 24.6 Å². The SMILES string of the molecule is CC(=NO)c1csc(NC(=O)CCc2ccco2)n1. The number of hydrogen-bond donors (Lipinski definition) is 2. The number of aryl methyl sites for hydroxylation is 1. The van der Waals surface area contributed by atoms with Crippen molar-refractivity contribution in [3.63, 3.8) is 0 Å². The number of carbonyl (C=O) groups excluding carboxylic acids is 1. The number of hydrogen-bond acceptors (Lipinski definition) is 6. The zero-order valence-corrected chi connectivity index (χ0v) is 11.1. The van der Waals surface area contributed by atoms with Gasteiger partial charge >= 0.3 is 0 Å². The number of carbonyl (C=O) groups is 1. The summed E-state index contributed by atoms with van der Waals surface area (Å²) in [5.74, 6) is 0.647. The highest BCUT2D eigenvalue weighted by molar-refractivity contribution is 7.14. The Hall–Kier alpha value is -2.15.